The zero-order chi connectivity index (χ0) is 14.4. The monoisotopic (exact) mass is 266 g/mol. The van der Waals surface area contributed by atoms with Gasteiger partial charge in [0.1, 0.15) is 0 Å². The van der Waals surface area contributed by atoms with Crippen LogP contribution in [-0.4, -0.2) is 29.5 Å². The second kappa shape index (κ2) is 6.81. The van der Waals surface area contributed by atoms with Gasteiger partial charge in [-0.15, -0.1) is 0 Å². The number of nitrogens with one attached hydrogen (secondary N) is 1. The molecular formula is C12H18N4O3. The molecule has 0 heterocycles. The molecule has 7 heteroatoms. The second-order valence-corrected chi connectivity index (χ2v) is 4.46. The third kappa shape index (κ3) is 5.02. The largest absolute Gasteiger partial charge is 0.353 e. The van der Waals surface area contributed by atoms with Crippen molar-refractivity contribution in [3.05, 3.63) is 39.9 Å². The fraction of sp³-hybridized carbons (Fsp3) is 0.417. The summed E-state index contributed by atoms with van der Waals surface area (Å²) >= 11 is 0. The van der Waals surface area contributed by atoms with Gasteiger partial charge in [0, 0.05) is 24.7 Å². The molecule has 0 aliphatic rings. The summed E-state index contributed by atoms with van der Waals surface area (Å²) in [6.45, 7) is 2.15. The molecule has 19 heavy (non-hydrogen) atoms. The number of rotatable bonds is 6. The molecule has 0 radical (unpaired) electrons. The predicted molar refractivity (Wildman–Crippen MR) is 71.4 cm³/mol. The van der Waals surface area contributed by atoms with E-state index in [-0.39, 0.29) is 17.6 Å². The second-order valence-electron chi connectivity index (χ2n) is 4.46. The Balaban J connectivity index is 2.54. The minimum atomic E-state index is -0.694. The highest BCUT2D eigenvalue weighted by molar-refractivity contribution is 5.81. The summed E-state index contributed by atoms with van der Waals surface area (Å²) in [5, 5.41) is 13.1. The lowest BCUT2D eigenvalue weighted by atomic mass is 10.1. The first-order chi connectivity index (χ1) is 8.90. The maximum absolute atomic E-state index is 11.6. The minimum absolute atomic E-state index is 0.0127. The van der Waals surface area contributed by atoms with Gasteiger partial charge < -0.3 is 16.8 Å². The van der Waals surface area contributed by atoms with E-state index in [1.807, 2.05) is 0 Å². The van der Waals surface area contributed by atoms with Gasteiger partial charge in [0.05, 0.1) is 11.0 Å². The highest BCUT2D eigenvalue weighted by Gasteiger charge is 2.14. The predicted octanol–water partition coefficient (Wildman–Crippen LogP) is -0.0720. The summed E-state index contributed by atoms with van der Waals surface area (Å²) in [7, 11) is 0. The highest BCUT2D eigenvalue weighted by Crippen LogP contribution is 2.12. The summed E-state index contributed by atoms with van der Waals surface area (Å²) in [6.07, 6.45) is 0.322. The van der Waals surface area contributed by atoms with Gasteiger partial charge in [-0.2, -0.15) is 0 Å². The van der Waals surface area contributed by atoms with Crippen molar-refractivity contribution in [3.8, 4) is 0 Å². The van der Waals surface area contributed by atoms with Crippen molar-refractivity contribution < 1.29 is 9.72 Å². The summed E-state index contributed by atoms with van der Waals surface area (Å²) in [5.41, 5.74) is 12.1. The molecule has 2 atom stereocenters. The van der Waals surface area contributed by atoms with Crippen LogP contribution in [0.4, 0.5) is 5.69 Å². The molecule has 7 nitrogen and oxygen atoms in total. The first kappa shape index (κ1) is 15.1. The van der Waals surface area contributed by atoms with Crippen LogP contribution in [-0.2, 0) is 11.2 Å². The average Bonchev–Trinajstić information content (AvgIpc) is 2.36. The van der Waals surface area contributed by atoms with E-state index in [0.29, 0.717) is 13.0 Å². The molecule has 0 saturated heterocycles. The molecule has 104 valence electrons. The Morgan fingerprint density at radius 3 is 2.42 bits per heavy atom. The van der Waals surface area contributed by atoms with E-state index < -0.39 is 11.0 Å². The van der Waals surface area contributed by atoms with Crippen LogP contribution in [0.25, 0.3) is 0 Å². The van der Waals surface area contributed by atoms with E-state index in [1.54, 1.807) is 19.1 Å². The standard InChI is InChI=1S/C12H18N4O3/c1-8(13)7-15-12(17)11(14)6-9-2-4-10(5-3-9)16(18)19/h2-5,8,11H,6-7,13-14H2,1H3,(H,15,17)/t8?,11-/m0/s1. The summed E-state index contributed by atoms with van der Waals surface area (Å²) in [4.78, 5) is 21.7. The number of carbonyl (C=O) groups is 1. The van der Waals surface area contributed by atoms with Crippen molar-refractivity contribution in [2.24, 2.45) is 11.5 Å². The lowest BCUT2D eigenvalue weighted by Gasteiger charge is -2.13. The zero-order valence-corrected chi connectivity index (χ0v) is 10.7. The van der Waals surface area contributed by atoms with Crippen molar-refractivity contribution >= 4 is 11.6 Å². The molecule has 5 N–H and O–H groups in total. The molecule has 0 fully saturated rings. The number of non-ortho nitro benzene ring substituents is 1. The van der Waals surface area contributed by atoms with Crippen LogP contribution >= 0.6 is 0 Å². The molecule has 1 unspecified atom stereocenters. The van der Waals surface area contributed by atoms with Crippen molar-refractivity contribution in [2.45, 2.75) is 25.4 Å². The van der Waals surface area contributed by atoms with Gasteiger partial charge in [-0.1, -0.05) is 12.1 Å². The lowest BCUT2D eigenvalue weighted by Crippen LogP contribution is -2.45. The summed E-state index contributed by atoms with van der Waals surface area (Å²) in [5.74, 6) is -0.282. The SMILES string of the molecule is CC(N)CNC(=O)[C@@H](N)Cc1ccc([N+](=O)[O-])cc1. The molecule has 0 spiro atoms. The number of nitrogens with two attached hydrogens (primary N) is 2. The number of carbonyl (C=O) groups excluding carboxylic acids is 1. The van der Waals surface area contributed by atoms with Crippen LogP contribution in [0.2, 0.25) is 0 Å². The average molecular weight is 266 g/mol. The fourth-order valence-corrected chi connectivity index (χ4v) is 1.49. The van der Waals surface area contributed by atoms with Gasteiger partial charge in [-0.25, -0.2) is 0 Å². The molecule has 1 rings (SSSR count). The first-order valence-corrected chi connectivity index (χ1v) is 5.92. The molecule has 1 aromatic carbocycles. The quantitative estimate of drug-likeness (QED) is 0.491. The molecule has 0 aliphatic carbocycles. The molecule has 0 aliphatic heterocycles. The Morgan fingerprint density at radius 2 is 1.95 bits per heavy atom. The highest BCUT2D eigenvalue weighted by atomic mass is 16.6. The Labute approximate surface area is 111 Å². The number of amides is 1. The van der Waals surface area contributed by atoms with Crippen LogP contribution in [0.15, 0.2) is 24.3 Å². The number of nitrogens with zero attached hydrogens (tertiary/aromatic N) is 1. The van der Waals surface area contributed by atoms with Crippen LogP contribution < -0.4 is 16.8 Å². The van der Waals surface area contributed by atoms with Gasteiger partial charge in [-0.3, -0.25) is 14.9 Å². The maximum atomic E-state index is 11.6. The summed E-state index contributed by atoms with van der Waals surface area (Å²) in [6, 6.07) is 5.15. The number of nitro groups is 1. The van der Waals surface area contributed by atoms with E-state index in [1.165, 1.54) is 12.1 Å². The molecular weight excluding hydrogens is 248 g/mol. The maximum Gasteiger partial charge on any atom is 0.269 e. The summed E-state index contributed by atoms with van der Waals surface area (Å²) < 4.78 is 0. The van der Waals surface area contributed by atoms with Gasteiger partial charge in [0.2, 0.25) is 5.91 Å². The third-order valence-corrected chi connectivity index (χ3v) is 2.54. The number of benzene rings is 1. The van der Waals surface area contributed by atoms with Crippen LogP contribution in [0.5, 0.6) is 0 Å². The lowest BCUT2D eigenvalue weighted by molar-refractivity contribution is -0.384. The van der Waals surface area contributed by atoms with Gasteiger partial charge in [0.25, 0.3) is 5.69 Å². The molecule has 1 amide bonds. The van der Waals surface area contributed by atoms with Crippen LogP contribution in [0.3, 0.4) is 0 Å². The molecule has 1 aromatic rings. The minimum Gasteiger partial charge on any atom is -0.353 e. The smallest absolute Gasteiger partial charge is 0.269 e. The Hall–Kier alpha value is -1.99. The van der Waals surface area contributed by atoms with Gasteiger partial charge in [0.15, 0.2) is 0 Å². The normalized spacial score (nSPS) is 13.6. The van der Waals surface area contributed by atoms with Crippen molar-refractivity contribution in [1.82, 2.24) is 5.32 Å². The van der Waals surface area contributed by atoms with Gasteiger partial charge >= 0.3 is 0 Å². The molecule has 0 saturated carbocycles. The van der Waals surface area contributed by atoms with Crippen LogP contribution in [0.1, 0.15) is 12.5 Å². The van der Waals surface area contributed by atoms with Crippen LogP contribution in [0, 0.1) is 10.1 Å². The Bertz CT molecular complexity index is 445. The van der Waals surface area contributed by atoms with E-state index >= 15 is 0 Å². The van der Waals surface area contributed by atoms with Crippen molar-refractivity contribution in [2.75, 3.05) is 6.54 Å². The Morgan fingerprint density at radius 1 is 1.37 bits per heavy atom. The topological polar surface area (TPSA) is 124 Å². The van der Waals surface area contributed by atoms with Crippen molar-refractivity contribution in [1.29, 1.82) is 0 Å². The van der Waals surface area contributed by atoms with E-state index in [9.17, 15) is 14.9 Å². The fourth-order valence-electron chi connectivity index (χ4n) is 1.49. The number of hydrogen-bond donors (Lipinski definition) is 3. The van der Waals surface area contributed by atoms with E-state index in [2.05, 4.69) is 5.32 Å². The molecule has 0 aromatic heterocycles. The van der Waals surface area contributed by atoms with E-state index in [4.69, 9.17) is 11.5 Å². The third-order valence-electron chi connectivity index (χ3n) is 2.54. The number of nitro benzene ring substituents is 1. The number of hydrogen-bond acceptors (Lipinski definition) is 5. The van der Waals surface area contributed by atoms with Crippen molar-refractivity contribution in [3.63, 3.8) is 0 Å². The zero-order valence-electron chi connectivity index (χ0n) is 10.7. The first-order valence-electron chi connectivity index (χ1n) is 5.92. The molecule has 0 bridgehead atoms. The Kier molecular flexibility index (Phi) is 5.40. The van der Waals surface area contributed by atoms with E-state index in [0.717, 1.165) is 5.56 Å². The van der Waals surface area contributed by atoms with Gasteiger partial charge in [-0.05, 0) is 18.9 Å².